The smallest absolute Gasteiger partial charge is 0.251 e. The third kappa shape index (κ3) is 44.4. The second-order valence-corrected chi connectivity index (χ2v) is 11.6. The van der Waals surface area contributed by atoms with Gasteiger partial charge in [0.05, 0.1) is 0 Å². The first kappa shape index (κ1) is 66.2. The van der Waals surface area contributed by atoms with Crippen LogP contribution < -0.4 is 10.6 Å². The lowest BCUT2D eigenvalue weighted by Gasteiger charge is -2.08. The summed E-state index contributed by atoms with van der Waals surface area (Å²) in [5.41, 5.74) is 6.34. The van der Waals surface area contributed by atoms with Gasteiger partial charge in [-0.2, -0.15) is 0 Å². The number of nitrogens with zero attached hydrogens (tertiary/aromatic N) is 2. The van der Waals surface area contributed by atoms with E-state index >= 15 is 0 Å². The molecule has 0 unspecified atom stereocenters. The standard InChI is InChI=1S/C20H26N2O.C9H14N2.C7H6F2.C4H10.4C2H6.2CH2O/c1-3-17-6-4-7-18(14-17)15-21-12-5-13-22-20(23)19-10-8-16(2)9-11-19;1-11(2)8-6-9-5-3-4-7-10-9;1-5-2-6(8)4-7(9)3-5;1-3-4-2;6*1-2/h4,6-11,14,21H,3,5,12-13,15H2,1-2H3,(H,22,23);3-5,7H,6,8H2,1-2H3;2-4H,1H3;3-4H2,1-2H3;4*1-2H3;2*1H2. The van der Waals surface area contributed by atoms with Gasteiger partial charge >= 0.3 is 0 Å². The van der Waals surface area contributed by atoms with Crippen LogP contribution in [0.2, 0.25) is 0 Å². The first-order chi connectivity index (χ1) is 28.6. The molecule has 0 aliphatic rings. The van der Waals surface area contributed by atoms with Gasteiger partial charge in [0, 0.05) is 49.6 Å². The highest BCUT2D eigenvalue weighted by Crippen LogP contribution is 2.07. The summed E-state index contributed by atoms with van der Waals surface area (Å²) in [5, 5.41) is 6.38. The molecule has 1 amide bonds. The topological polar surface area (TPSA) is 91.4 Å². The average molecular weight is 827 g/mol. The predicted octanol–water partition coefficient (Wildman–Crippen LogP) is 12.5. The number of carbonyl (C=O) groups excluding carboxylic acids is 3. The van der Waals surface area contributed by atoms with Crippen LogP contribution in [0, 0.1) is 25.5 Å². The summed E-state index contributed by atoms with van der Waals surface area (Å²) in [4.78, 5) is 34.3. The van der Waals surface area contributed by atoms with Crippen LogP contribution in [0.5, 0.6) is 0 Å². The van der Waals surface area contributed by atoms with E-state index in [1.54, 1.807) is 6.92 Å². The summed E-state index contributed by atoms with van der Waals surface area (Å²) in [6, 6.07) is 25.7. The molecule has 0 bridgehead atoms. The molecule has 7 nitrogen and oxygen atoms in total. The Morgan fingerprint density at radius 3 is 1.63 bits per heavy atom. The van der Waals surface area contributed by atoms with Crippen molar-refractivity contribution < 1.29 is 23.2 Å². The zero-order chi connectivity index (χ0) is 46.9. The van der Waals surface area contributed by atoms with Crippen LogP contribution in [0.3, 0.4) is 0 Å². The summed E-state index contributed by atoms with van der Waals surface area (Å²) in [5.74, 6) is -1.04. The number of likely N-dealkylation sites (N-methyl/N-ethyl adjacent to an activating group) is 1. The molecular weight excluding hydrogens is 743 g/mol. The van der Waals surface area contributed by atoms with Crippen LogP contribution in [-0.4, -0.2) is 63.1 Å². The predicted molar refractivity (Wildman–Crippen MR) is 253 cm³/mol. The SMILES string of the molecule is C=O.C=O.CC.CC.CC.CC.CCCC.CCc1cccc(CNCCCNC(=O)c2ccc(C)cc2)c1.CN(C)CCc1ccccn1.Cc1cc(F)cc(F)c1. The van der Waals surface area contributed by atoms with E-state index in [2.05, 4.69) is 85.7 Å². The minimum atomic E-state index is -0.521. The van der Waals surface area contributed by atoms with Crippen LogP contribution in [0.25, 0.3) is 0 Å². The van der Waals surface area contributed by atoms with Crippen molar-refractivity contribution >= 4 is 19.5 Å². The molecule has 1 aromatic heterocycles. The van der Waals surface area contributed by atoms with E-state index in [1.165, 1.54) is 41.8 Å². The van der Waals surface area contributed by atoms with Crippen molar-refractivity contribution in [2.45, 2.75) is 129 Å². The lowest BCUT2D eigenvalue weighted by atomic mass is 10.1. The van der Waals surface area contributed by atoms with Gasteiger partial charge in [-0.05, 0) is 100 Å². The van der Waals surface area contributed by atoms with Crippen molar-refractivity contribution in [3.05, 3.63) is 136 Å². The van der Waals surface area contributed by atoms with E-state index in [0.29, 0.717) is 12.1 Å². The second-order valence-electron chi connectivity index (χ2n) is 11.6. The fourth-order valence-corrected chi connectivity index (χ4v) is 3.99. The number of amides is 1. The number of halogens is 2. The molecule has 0 fully saturated rings. The minimum absolute atomic E-state index is 0.000599. The first-order valence-electron chi connectivity index (χ1n) is 21.3. The molecule has 4 aromatic rings. The third-order valence-corrected chi connectivity index (χ3v) is 6.91. The number of nitrogens with one attached hydrogen (secondary N) is 2. The molecule has 3 aromatic carbocycles. The minimum Gasteiger partial charge on any atom is -0.352 e. The Labute approximate surface area is 360 Å². The van der Waals surface area contributed by atoms with Gasteiger partial charge in [-0.15, -0.1) is 0 Å². The van der Waals surface area contributed by atoms with Gasteiger partial charge in [-0.3, -0.25) is 9.78 Å². The summed E-state index contributed by atoms with van der Waals surface area (Å²) >= 11 is 0. The quantitative estimate of drug-likeness (QED) is 0.138. The van der Waals surface area contributed by atoms with Gasteiger partial charge in [0.15, 0.2) is 0 Å². The molecule has 2 N–H and O–H groups in total. The molecule has 1 heterocycles. The number of unbranched alkanes of at least 4 members (excludes halogenated alkanes) is 1. The largest absolute Gasteiger partial charge is 0.352 e. The normalized spacial score (nSPS) is 8.58. The zero-order valence-electron chi connectivity index (χ0n) is 39.8. The van der Waals surface area contributed by atoms with Gasteiger partial charge in [-0.1, -0.05) is 137 Å². The molecular formula is C50H84F2N4O3. The highest BCUT2D eigenvalue weighted by molar-refractivity contribution is 5.94. The van der Waals surface area contributed by atoms with Crippen molar-refractivity contribution in [1.82, 2.24) is 20.5 Å². The van der Waals surface area contributed by atoms with Crippen LogP contribution in [-0.2, 0) is 29.0 Å². The number of benzene rings is 3. The summed E-state index contributed by atoms with van der Waals surface area (Å²) < 4.78 is 24.4. The van der Waals surface area contributed by atoms with E-state index in [-0.39, 0.29) is 5.91 Å². The molecule has 0 saturated carbocycles. The first-order valence-corrected chi connectivity index (χ1v) is 21.3. The van der Waals surface area contributed by atoms with Gasteiger partial charge in [0.25, 0.3) is 5.91 Å². The Morgan fingerprint density at radius 2 is 1.19 bits per heavy atom. The van der Waals surface area contributed by atoms with Gasteiger partial charge < -0.3 is 25.1 Å². The van der Waals surface area contributed by atoms with Crippen molar-refractivity contribution in [2.24, 2.45) is 0 Å². The van der Waals surface area contributed by atoms with E-state index in [0.717, 1.165) is 56.1 Å². The fraction of sp³-hybridized carbons (Fsp3) is 0.480. The summed E-state index contributed by atoms with van der Waals surface area (Å²) in [7, 11) is 4.14. The van der Waals surface area contributed by atoms with Gasteiger partial charge in [-0.25, -0.2) is 8.78 Å². The highest BCUT2D eigenvalue weighted by atomic mass is 19.1. The Kier molecular flexibility index (Phi) is 59.9. The number of hydrogen-bond acceptors (Lipinski definition) is 6. The van der Waals surface area contributed by atoms with Crippen molar-refractivity contribution in [2.75, 3.05) is 33.7 Å². The van der Waals surface area contributed by atoms with Crippen LogP contribution >= 0.6 is 0 Å². The van der Waals surface area contributed by atoms with Crippen LogP contribution in [0.1, 0.15) is 134 Å². The highest BCUT2D eigenvalue weighted by Gasteiger charge is 2.03. The average Bonchev–Trinajstić information content (AvgIpc) is 3.29. The lowest BCUT2D eigenvalue weighted by Crippen LogP contribution is -2.27. The Hall–Kier alpha value is -4.60. The maximum atomic E-state index is 12.2. The molecule has 0 radical (unpaired) electrons. The molecule has 0 atom stereocenters. The van der Waals surface area contributed by atoms with Crippen molar-refractivity contribution in [3.8, 4) is 0 Å². The van der Waals surface area contributed by atoms with Gasteiger partial charge in [0.2, 0.25) is 0 Å². The monoisotopic (exact) mass is 827 g/mol. The number of aryl methyl sites for hydroxylation is 3. The Morgan fingerprint density at radius 1 is 0.661 bits per heavy atom. The zero-order valence-corrected chi connectivity index (χ0v) is 39.8. The van der Waals surface area contributed by atoms with Crippen LogP contribution in [0.4, 0.5) is 8.78 Å². The Balaban J connectivity index is -0.000000164. The number of hydrogen-bond donors (Lipinski definition) is 2. The number of carbonyl (C=O) groups is 3. The van der Waals surface area contributed by atoms with E-state index < -0.39 is 11.6 Å². The number of pyridine rings is 1. The summed E-state index contributed by atoms with van der Waals surface area (Å²) in [6.07, 6.45) is 7.50. The lowest BCUT2D eigenvalue weighted by molar-refractivity contribution is -0.0987. The molecule has 59 heavy (non-hydrogen) atoms. The molecule has 0 saturated heterocycles. The number of aromatic nitrogens is 1. The molecule has 0 aliphatic heterocycles. The molecule has 0 spiro atoms. The van der Waals surface area contributed by atoms with Gasteiger partial charge in [0.1, 0.15) is 25.2 Å². The maximum absolute atomic E-state index is 12.2. The fourth-order valence-electron chi connectivity index (χ4n) is 3.99. The van der Waals surface area contributed by atoms with E-state index in [1.807, 2.05) is 118 Å². The maximum Gasteiger partial charge on any atom is 0.251 e. The molecule has 9 heteroatoms. The van der Waals surface area contributed by atoms with E-state index in [4.69, 9.17) is 9.59 Å². The van der Waals surface area contributed by atoms with Crippen molar-refractivity contribution in [1.29, 1.82) is 0 Å². The molecule has 4 rings (SSSR count). The second kappa shape index (κ2) is 53.4. The molecule has 336 valence electrons. The molecule has 0 aliphatic carbocycles. The van der Waals surface area contributed by atoms with Crippen molar-refractivity contribution in [3.63, 3.8) is 0 Å². The number of rotatable bonds is 12. The van der Waals surface area contributed by atoms with Crippen LogP contribution in [0.15, 0.2) is 91.1 Å². The Bertz CT molecular complexity index is 1370. The van der Waals surface area contributed by atoms with E-state index in [9.17, 15) is 13.6 Å². The summed E-state index contributed by atoms with van der Waals surface area (Å²) in [6.45, 7) is 33.7. The third-order valence-electron chi connectivity index (χ3n) is 6.91.